The van der Waals surface area contributed by atoms with Gasteiger partial charge in [0.15, 0.2) is 5.13 Å². The van der Waals surface area contributed by atoms with Crippen LogP contribution < -0.4 is 10.2 Å². The quantitative estimate of drug-likeness (QED) is 0.884. The molecular formula is C12H22N4S. The van der Waals surface area contributed by atoms with Crippen molar-refractivity contribution in [3.63, 3.8) is 0 Å². The second-order valence-electron chi connectivity index (χ2n) is 4.48. The molecule has 5 heteroatoms. The van der Waals surface area contributed by atoms with Crippen LogP contribution in [-0.2, 0) is 0 Å². The van der Waals surface area contributed by atoms with Gasteiger partial charge in [-0.25, -0.2) is 4.98 Å². The first-order valence-corrected chi connectivity index (χ1v) is 7.16. The van der Waals surface area contributed by atoms with E-state index in [0.29, 0.717) is 6.04 Å². The normalized spacial score (nSPS) is 19.6. The molecule has 0 aliphatic carbocycles. The highest BCUT2D eigenvalue weighted by molar-refractivity contribution is 7.15. The summed E-state index contributed by atoms with van der Waals surface area (Å²) in [5.74, 6) is 0. The minimum absolute atomic E-state index is 0.401. The molecule has 17 heavy (non-hydrogen) atoms. The summed E-state index contributed by atoms with van der Waals surface area (Å²) in [5.41, 5.74) is 0. The van der Waals surface area contributed by atoms with Crippen molar-refractivity contribution in [3.05, 3.63) is 11.1 Å². The highest BCUT2D eigenvalue weighted by atomic mass is 32.1. The summed E-state index contributed by atoms with van der Waals surface area (Å²) >= 11 is 1.81. The summed E-state index contributed by atoms with van der Waals surface area (Å²) in [7, 11) is 1.99. The lowest BCUT2D eigenvalue weighted by atomic mass is 10.3. The third-order valence-corrected chi connectivity index (χ3v) is 4.70. The molecule has 96 valence electrons. The second kappa shape index (κ2) is 5.80. The van der Waals surface area contributed by atoms with E-state index in [1.165, 1.54) is 10.0 Å². The molecule has 1 N–H and O–H groups in total. The van der Waals surface area contributed by atoms with Crippen molar-refractivity contribution >= 4 is 16.5 Å². The summed E-state index contributed by atoms with van der Waals surface area (Å²) in [6, 6.07) is 0.401. The number of hydrogen-bond acceptors (Lipinski definition) is 5. The van der Waals surface area contributed by atoms with Crippen molar-refractivity contribution in [1.82, 2.24) is 15.2 Å². The van der Waals surface area contributed by atoms with Crippen LogP contribution in [0.25, 0.3) is 0 Å². The summed E-state index contributed by atoms with van der Waals surface area (Å²) in [4.78, 5) is 10.8. The number of rotatable bonds is 4. The van der Waals surface area contributed by atoms with Crippen LogP contribution in [0.1, 0.15) is 24.8 Å². The van der Waals surface area contributed by atoms with Crippen molar-refractivity contribution in [3.8, 4) is 0 Å². The average Bonchev–Trinajstić information content (AvgIpc) is 2.87. The molecule has 2 rings (SSSR count). The predicted molar refractivity (Wildman–Crippen MR) is 73.9 cm³/mol. The van der Waals surface area contributed by atoms with Crippen molar-refractivity contribution in [2.24, 2.45) is 0 Å². The zero-order valence-corrected chi connectivity index (χ0v) is 11.8. The summed E-state index contributed by atoms with van der Waals surface area (Å²) in [6.07, 6.45) is 2.01. The minimum atomic E-state index is 0.401. The summed E-state index contributed by atoms with van der Waals surface area (Å²) in [5, 5.41) is 4.44. The van der Waals surface area contributed by atoms with Gasteiger partial charge in [-0.2, -0.15) is 0 Å². The average molecular weight is 254 g/mol. The van der Waals surface area contributed by atoms with Crippen LogP contribution in [0, 0.1) is 0 Å². The van der Waals surface area contributed by atoms with Crippen LogP contribution in [-0.4, -0.2) is 49.7 Å². The first-order chi connectivity index (χ1) is 8.24. The maximum atomic E-state index is 4.55. The molecule has 1 atom stereocenters. The number of nitrogens with one attached hydrogen (secondary N) is 1. The molecule has 1 aliphatic heterocycles. The number of thiazole rings is 1. The van der Waals surface area contributed by atoms with E-state index in [2.05, 4.69) is 33.9 Å². The van der Waals surface area contributed by atoms with Crippen LogP contribution in [0.3, 0.4) is 0 Å². The fraction of sp³-hybridized carbons (Fsp3) is 0.750. The Balaban J connectivity index is 1.97. The number of hydrogen-bond donors (Lipinski definition) is 1. The molecule has 0 bridgehead atoms. The second-order valence-corrected chi connectivity index (χ2v) is 5.52. The molecule has 2 heterocycles. The van der Waals surface area contributed by atoms with Crippen LogP contribution >= 0.6 is 11.3 Å². The fourth-order valence-electron chi connectivity index (χ4n) is 2.02. The molecule has 1 saturated heterocycles. The van der Waals surface area contributed by atoms with E-state index in [1.54, 1.807) is 0 Å². The number of piperazine rings is 1. The Hall–Kier alpha value is -0.650. The van der Waals surface area contributed by atoms with Gasteiger partial charge in [0.2, 0.25) is 0 Å². The SMILES string of the molecule is CCN1CCN(c2ncc(C(C)NC)s2)CC1. The molecule has 1 aliphatic rings. The van der Waals surface area contributed by atoms with E-state index in [-0.39, 0.29) is 0 Å². The van der Waals surface area contributed by atoms with Crippen molar-refractivity contribution in [2.45, 2.75) is 19.9 Å². The first kappa shape index (κ1) is 12.8. The number of anilines is 1. The van der Waals surface area contributed by atoms with E-state index < -0.39 is 0 Å². The Morgan fingerprint density at radius 1 is 1.41 bits per heavy atom. The topological polar surface area (TPSA) is 31.4 Å². The zero-order valence-electron chi connectivity index (χ0n) is 10.9. The maximum absolute atomic E-state index is 4.55. The van der Waals surface area contributed by atoms with Crippen LogP contribution in [0.4, 0.5) is 5.13 Å². The van der Waals surface area contributed by atoms with Gasteiger partial charge in [0.05, 0.1) is 0 Å². The van der Waals surface area contributed by atoms with Gasteiger partial charge in [-0.1, -0.05) is 6.92 Å². The zero-order chi connectivity index (χ0) is 12.3. The Morgan fingerprint density at radius 3 is 2.71 bits per heavy atom. The van der Waals surface area contributed by atoms with Crippen LogP contribution in [0.2, 0.25) is 0 Å². The third kappa shape index (κ3) is 2.97. The van der Waals surface area contributed by atoms with Gasteiger partial charge >= 0.3 is 0 Å². The largest absolute Gasteiger partial charge is 0.346 e. The van der Waals surface area contributed by atoms with E-state index in [1.807, 2.05) is 24.6 Å². The lowest BCUT2D eigenvalue weighted by Gasteiger charge is -2.33. The van der Waals surface area contributed by atoms with Crippen molar-refractivity contribution in [1.29, 1.82) is 0 Å². The molecular weight excluding hydrogens is 232 g/mol. The van der Waals surface area contributed by atoms with E-state index in [4.69, 9.17) is 0 Å². The van der Waals surface area contributed by atoms with Gasteiger partial charge in [0.25, 0.3) is 0 Å². The minimum Gasteiger partial charge on any atom is -0.346 e. The molecule has 1 unspecified atom stereocenters. The van der Waals surface area contributed by atoms with Gasteiger partial charge in [0, 0.05) is 43.3 Å². The Kier molecular flexibility index (Phi) is 4.36. The molecule has 1 aromatic heterocycles. The predicted octanol–water partition coefficient (Wildman–Crippen LogP) is 1.57. The Labute approximate surface area is 108 Å². The monoisotopic (exact) mass is 254 g/mol. The van der Waals surface area contributed by atoms with Gasteiger partial charge in [-0.15, -0.1) is 11.3 Å². The van der Waals surface area contributed by atoms with E-state index in [0.717, 1.165) is 32.7 Å². The van der Waals surface area contributed by atoms with Crippen molar-refractivity contribution in [2.75, 3.05) is 44.7 Å². The number of nitrogens with zero attached hydrogens (tertiary/aromatic N) is 3. The van der Waals surface area contributed by atoms with Crippen molar-refractivity contribution < 1.29 is 0 Å². The standard InChI is InChI=1S/C12H22N4S/c1-4-15-5-7-16(8-6-15)12-14-9-11(17-12)10(2)13-3/h9-10,13H,4-8H2,1-3H3. The smallest absolute Gasteiger partial charge is 0.185 e. The van der Waals surface area contributed by atoms with Crippen LogP contribution in [0.5, 0.6) is 0 Å². The molecule has 0 radical (unpaired) electrons. The van der Waals surface area contributed by atoms with Gasteiger partial charge in [0.1, 0.15) is 0 Å². The lowest BCUT2D eigenvalue weighted by Crippen LogP contribution is -2.46. The lowest BCUT2D eigenvalue weighted by molar-refractivity contribution is 0.271. The number of likely N-dealkylation sites (N-methyl/N-ethyl adjacent to an activating group) is 1. The van der Waals surface area contributed by atoms with Gasteiger partial charge in [-0.3, -0.25) is 0 Å². The Bertz CT molecular complexity index is 344. The fourth-order valence-corrected chi connectivity index (χ4v) is 3.05. The maximum Gasteiger partial charge on any atom is 0.185 e. The Morgan fingerprint density at radius 2 is 2.12 bits per heavy atom. The highest BCUT2D eigenvalue weighted by Gasteiger charge is 2.19. The number of aromatic nitrogens is 1. The van der Waals surface area contributed by atoms with E-state index in [9.17, 15) is 0 Å². The molecule has 0 aromatic carbocycles. The molecule has 1 fully saturated rings. The highest BCUT2D eigenvalue weighted by Crippen LogP contribution is 2.27. The van der Waals surface area contributed by atoms with Gasteiger partial charge < -0.3 is 15.1 Å². The third-order valence-electron chi connectivity index (χ3n) is 3.46. The van der Waals surface area contributed by atoms with Crippen LogP contribution in [0.15, 0.2) is 6.20 Å². The molecule has 1 aromatic rings. The summed E-state index contributed by atoms with van der Waals surface area (Å²) < 4.78 is 0. The van der Waals surface area contributed by atoms with Gasteiger partial charge in [-0.05, 0) is 20.5 Å². The summed E-state index contributed by atoms with van der Waals surface area (Å²) in [6.45, 7) is 10.1. The molecule has 0 saturated carbocycles. The first-order valence-electron chi connectivity index (χ1n) is 6.35. The molecule has 4 nitrogen and oxygen atoms in total. The molecule has 0 amide bonds. The van der Waals surface area contributed by atoms with E-state index >= 15 is 0 Å². The molecule has 0 spiro atoms.